The summed E-state index contributed by atoms with van der Waals surface area (Å²) < 4.78 is 11.0. The predicted molar refractivity (Wildman–Crippen MR) is 120 cm³/mol. The van der Waals surface area contributed by atoms with E-state index in [1.807, 2.05) is 35.1 Å². The molecule has 0 saturated heterocycles. The summed E-state index contributed by atoms with van der Waals surface area (Å²) in [5.41, 5.74) is 3.20. The fourth-order valence-electron chi connectivity index (χ4n) is 4.02. The number of nitrogens with zero attached hydrogens (tertiary/aromatic N) is 5. The summed E-state index contributed by atoms with van der Waals surface area (Å²) in [6.07, 6.45) is 6.83. The second-order valence-electron chi connectivity index (χ2n) is 7.96. The molecule has 1 aliphatic rings. The average Bonchev–Trinajstić information content (AvgIpc) is 3.47. The Balaban J connectivity index is 1.45. The largest absolute Gasteiger partial charge is 0.461 e. The van der Waals surface area contributed by atoms with Crippen LogP contribution in [0.5, 0.6) is 0 Å². The zero-order chi connectivity index (χ0) is 20.7. The van der Waals surface area contributed by atoms with Crippen molar-refractivity contribution in [1.29, 1.82) is 0 Å². The van der Waals surface area contributed by atoms with Crippen molar-refractivity contribution in [3.05, 3.63) is 64.9 Å². The molecule has 0 unspecified atom stereocenters. The number of aromatic nitrogens is 4. The van der Waals surface area contributed by atoms with Crippen molar-refractivity contribution in [3.8, 4) is 11.4 Å². The number of furan rings is 1. The van der Waals surface area contributed by atoms with E-state index in [-0.39, 0.29) is 0 Å². The highest BCUT2D eigenvalue weighted by atomic mass is 32.1. The monoisotopic (exact) mass is 419 g/mol. The second kappa shape index (κ2) is 7.81. The maximum absolute atomic E-state index is 6.06. The average molecular weight is 420 g/mol. The fraction of sp³-hybridized carbons (Fsp3) is 0.348. The molecule has 0 bridgehead atoms. The molecule has 0 atom stereocenters. The first-order chi connectivity index (χ1) is 14.7. The molecule has 1 aromatic carbocycles. The number of benzene rings is 1. The van der Waals surface area contributed by atoms with Crippen molar-refractivity contribution in [2.45, 2.75) is 45.4 Å². The molecular weight excluding hydrogens is 394 g/mol. The third-order valence-corrected chi connectivity index (χ3v) is 6.02. The van der Waals surface area contributed by atoms with Gasteiger partial charge in [-0.25, -0.2) is 4.68 Å². The number of hydrogen-bond donors (Lipinski definition) is 0. The molecule has 0 radical (unpaired) electrons. The Morgan fingerprint density at radius 1 is 1.20 bits per heavy atom. The van der Waals surface area contributed by atoms with Gasteiger partial charge in [-0.2, -0.15) is 5.10 Å². The lowest BCUT2D eigenvalue weighted by atomic mass is 10.1. The standard InChI is InChI=1S/C23H25N5OS/c1-3-20-19(18-8-4-5-9-21(18)29-20)14-26(2)15-27-23(30)28(17-10-11-17)22(25-27)16-7-6-12-24-13-16/h4-9,12-13,17H,3,10-11,14-15H2,1-2H3. The number of para-hydroxylation sites is 1. The lowest BCUT2D eigenvalue weighted by Gasteiger charge is -2.16. The Bertz CT molecular complexity index is 1240. The van der Waals surface area contributed by atoms with E-state index in [1.54, 1.807) is 6.20 Å². The fourth-order valence-corrected chi connectivity index (χ4v) is 4.36. The molecule has 5 rings (SSSR count). The van der Waals surface area contributed by atoms with E-state index in [4.69, 9.17) is 21.7 Å². The third kappa shape index (κ3) is 3.48. The quantitative estimate of drug-likeness (QED) is 0.385. The molecule has 1 saturated carbocycles. The normalized spacial score (nSPS) is 14.1. The first-order valence-electron chi connectivity index (χ1n) is 10.4. The number of aryl methyl sites for hydroxylation is 1. The van der Waals surface area contributed by atoms with E-state index in [1.165, 1.54) is 10.9 Å². The molecule has 7 heteroatoms. The van der Waals surface area contributed by atoms with Crippen molar-refractivity contribution in [1.82, 2.24) is 24.2 Å². The number of rotatable bonds is 7. The maximum atomic E-state index is 6.06. The molecule has 6 nitrogen and oxygen atoms in total. The zero-order valence-corrected chi connectivity index (χ0v) is 18.1. The van der Waals surface area contributed by atoms with Gasteiger partial charge in [-0.15, -0.1) is 0 Å². The van der Waals surface area contributed by atoms with Crippen LogP contribution in [0.1, 0.15) is 37.1 Å². The summed E-state index contributed by atoms with van der Waals surface area (Å²) in [6.45, 7) is 3.53. The Hall–Kier alpha value is -2.77. The van der Waals surface area contributed by atoms with Gasteiger partial charge < -0.3 is 4.42 Å². The molecule has 3 heterocycles. The van der Waals surface area contributed by atoms with Gasteiger partial charge in [-0.3, -0.25) is 14.5 Å². The Kier molecular flexibility index (Phi) is 5.00. The van der Waals surface area contributed by atoms with E-state index in [0.717, 1.165) is 53.3 Å². The van der Waals surface area contributed by atoms with Gasteiger partial charge in [-0.05, 0) is 50.3 Å². The summed E-state index contributed by atoms with van der Waals surface area (Å²) in [5, 5.41) is 6.07. The maximum Gasteiger partial charge on any atom is 0.199 e. The van der Waals surface area contributed by atoms with Crippen LogP contribution in [-0.4, -0.2) is 31.3 Å². The molecule has 1 aliphatic carbocycles. The molecule has 0 N–H and O–H groups in total. The summed E-state index contributed by atoms with van der Waals surface area (Å²) >= 11 is 5.82. The molecule has 30 heavy (non-hydrogen) atoms. The molecule has 0 amide bonds. The molecule has 1 fully saturated rings. The van der Waals surface area contributed by atoms with E-state index in [9.17, 15) is 0 Å². The Labute approximate surface area is 180 Å². The van der Waals surface area contributed by atoms with Gasteiger partial charge in [0.05, 0.1) is 6.67 Å². The van der Waals surface area contributed by atoms with Gasteiger partial charge in [0.1, 0.15) is 11.3 Å². The minimum Gasteiger partial charge on any atom is -0.461 e. The Morgan fingerprint density at radius 2 is 2.03 bits per heavy atom. The highest BCUT2D eigenvalue weighted by Crippen LogP contribution is 2.38. The van der Waals surface area contributed by atoms with Crippen LogP contribution in [-0.2, 0) is 19.6 Å². The van der Waals surface area contributed by atoms with Crippen molar-refractivity contribution < 1.29 is 4.42 Å². The van der Waals surface area contributed by atoms with Crippen LogP contribution in [0.25, 0.3) is 22.4 Å². The lowest BCUT2D eigenvalue weighted by Crippen LogP contribution is -2.23. The van der Waals surface area contributed by atoms with Gasteiger partial charge in [0.25, 0.3) is 0 Å². The van der Waals surface area contributed by atoms with Crippen LogP contribution in [0.15, 0.2) is 53.2 Å². The van der Waals surface area contributed by atoms with Crippen LogP contribution in [0.4, 0.5) is 0 Å². The third-order valence-electron chi connectivity index (χ3n) is 5.61. The van der Waals surface area contributed by atoms with Crippen LogP contribution in [0.2, 0.25) is 0 Å². The molecule has 3 aromatic heterocycles. The number of fused-ring (bicyclic) bond motifs is 1. The van der Waals surface area contributed by atoms with Gasteiger partial charge in [-0.1, -0.05) is 25.1 Å². The van der Waals surface area contributed by atoms with Crippen LogP contribution < -0.4 is 0 Å². The minimum absolute atomic E-state index is 0.455. The van der Waals surface area contributed by atoms with E-state index < -0.39 is 0 Å². The van der Waals surface area contributed by atoms with Crippen molar-refractivity contribution in [3.63, 3.8) is 0 Å². The predicted octanol–water partition coefficient (Wildman–Crippen LogP) is 5.21. The first-order valence-corrected chi connectivity index (χ1v) is 10.8. The highest BCUT2D eigenvalue weighted by Gasteiger charge is 2.29. The van der Waals surface area contributed by atoms with E-state index in [2.05, 4.69) is 40.6 Å². The Morgan fingerprint density at radius 3 is 2.77 bits per heavy atom. The molecular formula is C23H25N5OS. The molecule has 0 spiro atoms. The van der Waals surface area contributed by atoms with Gasteiger partial charge >= 0.3 is 0 Å². The summed E-state index contributed by atoms with van der Waals surface area (Å²) in [4.78, 5) is 6.50. The lowest BCUT2D eigenvalue weighted by molar-refractivity contribution is 0.243. The zero-order valence-electron chi connectivity index (χ0n) is 17.3. The molecule has 4 aromatic rings. The first kappa shape index (κ1) is 19.2. The molecule has 0 aliphatic heterocycles. The highest BCUT2D eigenvalue weighted by molar-refractivity contribution is 7.71. The summed E-state index contributed by atoms with van der Waals surface area (Å²) in [7, 11) is 2.10. The van der Waals surface area contributed by atoms with Gasteiger partial charge in [0.15, 0.2) is 10.6 Å². The van der Waals surface area contributed by atoms with Crippen LogP contribution >= 0.6 is 12.2 Å². The molecule has 154 valence electrons. The second-order valence-corrected chi connectivity index (χ2v) is 8.32. The van der Waals surface area contributed by atoms with Crippen LogP contribution in [0.3, 0.4) is 0 Å². The van der Waals surface area contributed by atoms with Crippen molar-refractivity contribution in [2.24, 2.45) is 0 Å². The summed E-state index contributed by atoms with van der Waals surface area (Å²) in [5.74, 6) is 1.96. The van der Waals surface area contributed by atoms with Crippen molar-refractivity contribution >= 4 is 23.2 Å². The minimum atomic E-state index is 0.455. The number of pyridine rings is 1. The van der Waals surface area contributed by atoms with Gasteiger partial charge in [0.2, 0.25) is 0 Å². The van der Waals surface area contributed by atoms with E-state index in [0.29, 0.717) is 12.7 Å². The van der Waals surface area contributed by atoms with Crippen molar-refractivity contribution in [2.75, 3.05) is 7.05 Å². The van der Waals surface area contributed by atoms with E-state index >= 15 is 0 Å². The topological polar surface area (TPSA) is 52.0 Å². The van der Waals surface area contributed by atoms with Gasteiger partial charge in [0, 0.05) is 47.9 Å². The SMILES string of the molecule is CCc1oc2ccccc2c1CN(C)Cn1nc(-c2cccnc2)n(C2CC2)c1=S. The van der Waals surface area contributed by atoms with Crippen LogP contribution in [0, 0.1) is 4.77 Å². The summed E-state index contributed by atoms with van der Waals surface area (Å²) in [6, 6.07) is 12.7. The smallest absolute Gasteiger partial charge is 0.199 e. The number of hydrogen-bond acceptors (Lipinski definition) is 5.